The lowest BCUT2D eigenvalue weighted by molar-refractivity contribution is -0.115. The number of hydrogen-bond donors (Lipinski definition) is 3. The summed E-state index contributed by atoms with van der Waals surface area (Å²) in [6.45, 7) is 1.64. The molecule has 1 fully saturated rings. The van der Waals surface area contributed by atoms with Crippen LogP contribution in [0, 0.1) is 0 Å². The van der Waals surface area contributed by atoms with Gasteiger partial charge in [0.2, 0.25) is 5.91 Å². The number of fused-ring (bicyclic) bond motifs is 1. The quantitative estimate of drug-likeness (QED) is 0.637. The number of amides is 1. The number of rotatable bonds is 6. The van der Waals surface area contributed by atoms with Crippen molar-refractivity contribution in [2.75, 3.05) is 23.8 Å². The number of aromatic nitrogens is 2. The largest absolute Gasteiger partial charge is 0.381 e. The van der Waals surface area contributed by atoms with Crippen molar-refractivity contribution in [3.63, 3.8) is 0 Å². The summed E-state index contributed by atoms with van der Waals surface area (Å²) in [4.78, 5) is 19.8. The lowest BCUT2D eigenvalue weighted by Crippen LogP contribution is -2.18. The van der Waals surface area contributed by atoms with Gasteiger partial charge in [0.1, 0.15) is 5.82 Å². The van der Waals surface area contributed by atoms with Crippen LogP contribution in [0.4, 0.5) is 11.5 Å². The smallest absolute Gasteiger partial charge is 0.230 e. The van der Waals surface area contributed by atoms with Gasteiger partial charge >= 0.3 is 0 Å². The Morgan fingerprint density at radius 3 is 3.00 bits per heavy atom. The van der Waals surface area contributed by atoms with Gasteiger partial charge in [0.25, 0.3) is 0 Å². The SMILES string of the molecule is O=C(Cc1c[nH]c2ccccc12)Nc1ccc(NCC2CCCO2)cn1. The molecule has 0 spiro atoms. The molecule has 3 heterocycles. The normalized spacial score (nSPS) is 16.7. The maximum absolute atomic E-state index is 12.3. The van der Waals surface area contributed by atoms with Crippen molar-refractivity contribution in [1.29, 1.82) is 0 Å². The summed E-state index contributed by atoms with van der Waals surface area (Å²) >= 11 is 0. The van der Waals surface area contributed by atoms with Crippen LogP contribution in [0.3, 0.4) is 0 Å². The molecule has 1 aliphatic heterocycles. The Kier molecular flexibility index (Phi) is 4.84. The average molecular weight is 350 g/mol. The summed E-state index contributed by atoms with van der Waals surface area (Å²) in [6.07, 6.45) is 6.44. The van der Waals surface area contributed by atoms with Crippen molar-refractivity contribution in [3.05, 3.63) is 54.4 Å². The number of H-pyrrole nitrogens is 1. The third-order valence-electron chi connectivity index (χ3n) is 4.61. The first-order chi connectivity index (χ1) is 12.8. The van der Waals surface area contributed by atoms with Crippen molar-refractivity contribution in [2.24, 2.45) is 0 Å². The molecule has 6 heteroatoms. The Labute approximate surface area is 152 Å². The molecule has 1 atom stereocenters. The van der Waals surface area contributed by atoms with Crippen LogP contribution in [0.5, 0.6) is 0 Å². The number of nitrogens with zero attached hydrogens (tertiary/aromatic N) is 1. The molecule has 134 valence electrons. The second-order valence-corrected chi connectivity index (χ2v) is 6.53. The van der Waals surface area contributed by atoms with E-state index < -0.39 is 0 Å². The van der Waals surface area contributed by atoms with Crippen LogP contribution in [0.2, 0.25) is 0 Å². The fourth-order valence-corrected chi connectivity index (χ4v) is 3.25. The predicted molar refractivity (Wildman–Crippen MR) is 102 cm³/mol. The highest BCUT2D eigenvalue weighted by atomic mass is 16.5. The van der Waals surface area contributed by atoms with Gasteiger partial charge in [-0.2, -0.15) is 0 Å². The lowest BCUT2D eigenvalue weighted by atomic mass is 10.1. The van der Waals surface area contributed by atoms with Crippen LogP contribution < -0.4 is 10.6 Å². The third kappa shape index (κ3) is 3.86. The molecule has 1 aliphatic rings. The third-order valence-corrected chi connectivity index (χ3v) is 4.61. The number of nitrogens with one attached hydrogen (secondary N) is 3. The molecule has 3 N–H and O–H groups in total. The van der Waals surface area contributed by atoms with Crippen LogP contribution >= 0.6 is 0 Å². The van der Waals surface area contributed by atoms with E-state index in [1.807, 2.05) is 42.6 Å². The van der Waals surface area contributed by atoms with Gasteiger partial charge in [0, 0.05) is 30.3 Å². The topological polar surface area (TPSA) is 79.0 Å². The average Bonchev–Trinajstić information content (AvgIpc) is 3.32. The number of benzene rings is 1. The standard InChI is InChI=1S/C20H22N4O2/c25-20(10-14-11-22-18-6-2-1-5-17(14)18)24-19-8-7-15(12-23-19)21-13-16-4-3-9-26-16/h1-2,5-8,11-12,16,21-22H,3-4,9-10,13H2,(H,23,24,25). The molecule has 26 heavy (non-hydrogen) atoms. The molecule has 1 aromatic carbocycles. The second kappa shape index (κ2) is 7.58. The summed E-state index contributed by atoms with van der Waals surface area (Å²) in [7, 11) is 0. The van der Waals surface area contributed by atoms with E-state index in [1.54, 1.807) is 6.20 Å². The molecule has 6 nitrogen and oxygen atoms in total. The van der Waals surface area contributed by atoms with Gasteiger partial charge < -0.3 is 20.4 Å². The van der Waals surface area contributed by atoms with Crippen molar-refractivity contribution in [2.45, 2.75) is 25.4 Å². The first kappa shape index (κ1) is 16.6. The number of anilines is 2. The fourth-order valence-electron chi connectivity index (χ4n) is 3.25. The molecule has 4 rings (SSSR count). The highest BCUT2D eigenvalue weighted by Gasteiger charge is 2.15. The number of aromatic amines is 1. The first-order valence-corrected chi connectivity index (χ1v) is 8.94. The van der Waals surface area contributed by atoms with Crippen molar-refractivity contribution in [1.82, 2.24) is 9.97 Å². The first-order valence-electron chi connectivity index (χ1n) is 8.94. The van der Waals surface area contributed by atoms with E-state index in [4.69, 9.17) is 4.74 Å². The molecule has 0 radical (unpaired) electrons. The number of ether oxygens (including phenoxy) is 1. The lowest BCUT2D eigenvalue weighted by Gasteiger charge is -2.12. The summed E-state index contributed by atoms with van der Waals surface area (Å²) in [5, 5.41) is 7.25. The fraction of sp³-hybridized carbons (Fsp3) is 0.300. The zero-order valence-corrected chi connectivity index (χ0v) is 14.5. The van der Waals surface area contributed by atoms with Gasteiger partial charge in [-0.05, 0) is 36.6 Å². The van der Waals surface area contributed by atoms with E-state index in [9.17, 15) is 4.79 Å². The van der Waals surface area contributed by atoms with Gasteiger partial charge in [0.15, 0.2) is 0 Å². The summed E-state index contributed by atoms with van der Waals surface area (Å²) in [5.41, 5.74) is 2.94. The minimum Gasteiger partial charge on any atom is -0.381 e. The Morgan fingerprint density at radius 1 is 1.27 bits per heavy atom. The van der Waals surface area contributed by atoms with Gasteiger partial charge in [-0.15, -0.1) is 0 Å². The predicted octanol–water partition coefficient (Wildman–Crippen LogP) is 3.34. The Hall–Kier alpha value is -2.86. The van der Waals surface area contributed by atoms with E-state index in [2.05, 4.69) is 20.6 Å². The molecule has 3 aromatic rings. The molecule has 1 saturated heterocycles. The molecule has 0 aliphatic carbocycles. The van der Waals surface area contributed by atoms with Crippen LogP contribution in [-0.4, -0.2) is 35.1 Å². The zero-order valence-electron chi connectivity index (χ0n) is 14.5. The van der Waals surface area contributed by atoms with Gasteiger partial charge in [-0.1, -0.05) is 18.2 Å². The Morgan fingerprint density at radius 2 is 2.19 bits per heavy atom. The number of pyridine rings is 1. The zero-order chi connectivity index (χ0) is 17.8. The van der Waals surface area contributed by atoms with E-state index in [1.165, 1.54) is 0 Å². The van der Waals surface area contributed by atoms with Crippen LogP contribution in [-0.2, 0) is 16.0 Å². The van der Waals surface area contributed by atoms with Crippen molar-refractivity contribution in [3.8, 4) is 0 Å². The highest BCUT2D eigenvalue weighted by molar-refractivity contribution is 5.95. The summed E-state index contributed by atoms with van der Waals surface area (Å²) in [6, 6.07) is 11.7. The molecule has 0 saturated carbocycles. The molecule has 2 aromatic heterocycles. The molecular formula is C20H22N4O2. The van der Waals surface area contributed by atoms with Crippen LogP contribution in [0.15, 0.2) is 48.8 Å². The monoisotopic (exact) mass is 350 g/mol. The van der Waals surface area contributed by atoms with E-state index in [0.717, 1.165) is 48.1 Å². The van der Waals surface area contributed by atoms with E-state index in [0.29, 0.717) is 12.2 Å². The van der Waals surface area contributed by atoms with Crippen LogP contribution in [0.1, 0.15) is 18.4 Å². The number of carbonyl (C=O) groups is 1. The number of para-hydroxylation sites is 1. The maximum Gasteiger partial charge on any atom is 0.230 e. The maximum atomic E-state index is 12.3. The van der Waals surface area contributed by atoms with E-state index >= 15 is 0 Å². The second-order valence-electron chi connectivity index (χ2n) is 6.53. The van der Waals surface area contributed by atoms with Gasteiger partial charge in [0.05, 0.1) is 24.4 Å². The molecular weight excluding hydrogens is 328 g/mol. The summed E-state index contributed by atoms with van der Waals surface area (Å²) in [5.74, 6) is 0.472. The Bertz CT molecular complexity index is 882. The number of hydrogen-bond acceptors (Lipinski definition) is 4. The van der Waals surface area contributed by atoms with Crippen molar-refractivity contribution < 1.29 is 9.53 Å². The van der Waals surface area contributed by atoms with Crippen molar-refractivity contribution >= 4 is 28.3 Å². The van der Waals surface area contributed by atoms with Gasteiger partial charge in [-0.3, -0.25) is 4.79 Å². The number of carbonyl (C=O) groups excluding carboxylic acids is 1. The van der Waals surface area contributed by atoms with Crippen LogP contribution in [0.25, 0.3) is 10.9 Å². The summed E-state index contributed by atoms with van der Waals surface area (Å²) < 4.78 is 5.59. The molecule has 0 bridgehead atoms. The minimum atomic E-state index is -0.0812. The Balaban J connectivity index is 1.32. The molecule has 1 unspecified atom stereocenters. The molecule has 1 amide bonds. The van der Waals surface area contributed by atoms with E-state index in [-0.39, 0.29) is 12.0 Å². The van der Waals surface area contributed by atoms with Gasteiger partial charge in [-0.25, -0.2) is 4.98 Å². The highest BCUT2D eigenvalue weighted by Crippen LogP contribution is 2.19. The minimum absolute atomic E-state index is 0.0812.